The Balaban J connectivity index is 1.18. The summed E-state index contributed by atoms with van der Waals surface area (Å²) in [6.07, 6.45) is 1.98. The second-order valence-corrected chi connectivity index (χ2v) is 11.1. The third-order valence-corrected chi connectivity index (χ3v) is 8.19. The van der Waals surface area contributed by atoms with Crippen molar-refractivity contribution in [2.45, 2.75) is 25.8 Å². The lowest BCUT2D eigenvalue weighted by molar-refractivity contribution is -0.126. The summed E-state index contributed by atoms with van der Waals surface area (Å²) in [6, 6.07) is 25.8. The maximum absolute atomic E-state index is 14.0. The molecular formula is C33H26F2N4O2S. The average Bonchev–Trinajstić information content (AvgIpc) is 3.55. The first kappa shape index (κ1) is 27.3. The van der Waals surface area contributed by atoms with Crippen LogP contribution in [0, 0.1) is 18.6 Å². The number of anilines is 1. The van der Waals surface area contributed by atoms with Crippen molar-refractivity contribution in [1.29, 1.82) is 0 Å². The number of amides is 2. The van der Waals surface area contributed by atoms with Crippen LogP contribution in [-0.2, 0) is 22.4 Å². The molecular weight excluding hydrogens is 554 g/mol. The average molecular weight is 581 g/mol. The molecule has 6 aromatic rings. The predicted molar refractivity (Wildman–Crippen MR) is 162 cm³/mol. The molecule has 0 fully saturated rings. The van der Waals surface area contributed by atoms with E-state index in [4.69, 9.17) is 4.98 Å². The van der Waals surface area contributed by atoms with E-state index in [0.29, 0.717) is 5.69 Å². The molecule has 210 valence electrons. The van der Waals surface area contributed by atoms with E-state index in [2.05, 4.69) is 27.2 Å². The number of aromatic nitrogens is 2. The minimum absolute atomic E-state index is 0.196. The summed E-state index contributed by atoms with van der Waals surface area (Å²) in [7, 11) is 0. The van der Waals surface area contributed by atoms with Crippen LogP contribution in [0.5, 0.6) is 0 Å². The van der Waals surface area contributed by atoms with Crippen LogP contribution in [0.1, 0.15) is 16.7 Å². The Bertz CT molecular complexity index is 1920. The first-order chi connectivity index (χ1) is 20.3. The SMILES string of the molecule is Cc1c(F)cc(F)cc1CC(=O)N[C@@H](Cc1ccccc1)C(=O)Nc1ccc(-c2cn3c(n2)sc2ccccc23)cc1. The van der Waals surface area contributed by atoms with Gasteiger partial charge >= 0.3 is 0 Å². The molecule has 0 radical (unpaired) electrons. The number of carbonyl (C=O) groups excluding carboxylic acids is 2. The molecule has 2 amide bonds. The molecule has 0 aliphatic heterocycles. The van der Waals surface area contributed by atoms with Crippen molar-refractivity contribution in [3.8, 4) is 11.3 Å². The molecule has 2 N–H and O–H groups in total. The van der Waals surface area contributed by atoms with Gasteiger partial charge in [0.25, 0.3) is 0 Å². The fourth-order valence-electron chi connectivity index (χ4n) is 4.90. The van der Waals surface area contributed by atoms with Crippen LogP contribution in [0.2, 0.25) is 0 Å². The van der Waals surface area contributed by atoms with E-state index in [1.54, 1.807) is 23.5 Å². The molecule has 6 nitrogen and oxygen atoms in total. The smallest absolute Gasteiger partial charge is 0.247 e. The van der Waals surface area contributed by atoms with Gasteiger partial charge in [0, 0.05) is 29.9 Å². The van der Waals surface area contributed by atoms with Gasteiger partial charge in [-0.25, -0.2) is 13.8 Å². The largest absolute Gasteiger partial charge is 0.344 e. The van der Waals surface area contributed by atoms with Crippen LogP contribution in [0.25, 0.3) is 26.4 Å². The predicted octanol–water partition coefficient (Wildman–Crippen LogP) is 6.71. The second-order valence-electron chi connectivity index (χ2n) is 10.1. The number of thiazole rings is 1. The number of benzene rings is 4. The first-order valence-corrected chi connectivity index (χ1v) is 14.2. The number of hydrogen-bond acceptors (Lipinski definition) is 4. The summed E-state index contributed by atoms with van der Waals surface area (Å²) in [5.74, 6) is -2.40. The second kappa shape index (κ2) is 11.5. The highest BCUT2D eigenvalue weighted by Crippen LogP contribution is 2.29. The molecule has 0 aliphatic rings. The van der Waals surface area contributed by atoms with Crippen molar-refractivity contribution in [3.05, 3.63) is 126 Å². The Morgan fingerprint density at radius 2 is 1.69 bits per heavy atom. The van der Waals surface area contributed by atoms with Gasteiger partial charge in [0.15, 0.2) is 4.96 Å². The Hall–Kier alpha value is -4.89. The molecule has 2 aromatic heterocycles. The number of hydrogen-bond donors (Lipinski definition) is 2. The van der Waals surface area contributed by atoms with E-state index >= 15 is 0 Å². The number of rotatable bonds is 8. The number of nitrogens with zero attached hydrogens (tertiary/aromatic N) is 2. The summed E-state index contributed by atoms with van der Waals surface area (Å²) < 4.78 is 31.0. The highest BCUT2D eigenvalue weighted by Gasteiger charge is 2.23. The summed E-state index contributed by atoms with van der Waals surface area (Å²) in [5.41, 5.74) is 4.67. The van der Waals surface area contributed by atoms with E-state index in [-0.39, 0.29) is 24.0 Å². The third-order valence-electron chi connectivity index (χ3n) is 7.15. The van der Waals surface area contributed by atoms with Crippen LogP contribution in [0.15, 0.2) is 97.2 Å². The van der Waals surface area contributed by atoms with Crippen molar-refractivity contribution in [2.75, 3.05) is 5.32 Å². The third kappa shape index (κ3) is 5.77. The molecule has 0 spiro atoms. The molecule has 2 heterocycles. The molecule has 0 bridgehead atoms. The van der Waals surface area contributed by atoms with Gasteiger partial charge in [-0.2, -0.15) is 0 Å². The topological polar surface area (TPSA) is 75.5 Å². The molecule has 6 rings (SSSR count). The Kier molecular flexibility index (Phi) is 7.50. The summed E-state index contributed by atoms with van der Waals surface area (Å²) in [4.78, 5) is 32.0. The van der Waals surface area contributed by atoms with Crippen molar-refractivity contribution in [2.24, 2.45) is 0 Å². The minimum atomic E-state index is -0.911. The standard InChI is InChI=1S/C33H26F2N4O2S/c1-20-23(16-24(34)18-26(20)35)17-31(40)37-27(15-21-7-3-2-4-8-21)32(41)36-25-13-11-22(12-14-25)28-19-39-29-9-5-6-10-30(29)42-33(39)38-28/h2-14,16,18-19,27H,15,17H2,1H3,(H,36,41)(H,37,40)/t27-/m0/s1. The first-order valence-electron chi connectivity index (χ1n) is 13.4. The summed E-state index contributed by atoms with van der Waals surface area (Å²) in [5, 5.41) is 5.64. The number of carbonyl (C=O) groups is 2. The molecule has 0 saturated carbocycles. The molecule has 0 aliphatic carbocycles. The van der Waals surface area contributed by atoms with E-state index in [0.717, 1.165) is 39.4 Å². The van der Waals surface area contributed by atoms with Gasteiger partial charge in [-0.05, 0) is 53.9 Å². The number of para-hydroxylation sites is 1. The van der Waals surface area contributed by atoms with Crippen molar-refractivity contribution in [1.82, 2.24) is 14.7 Å². The Morgan fingerprint density at radius 1 is 0.952 bits per heavy atom. The zero-order valence-electron chi connectivity index (χ0n) is 22.6. The van der Waals surface area contributed by atoms with Gasteiger partial charge in [0.05, 0.1) is 22.3 Å². The number of fused-ring (bicyclic) bond motifs is 3. The van der Waals surface area contributed by atoms with Crippen molar-refractivity contribution < 1.29 is 18.4 Å². The number of nitrogens with one attached hydrogen (secondary N) is 2. The Morgan fingerprint density at radius 3 is 2.48 bits per heavy atom. The van der Waals surface area contributed by atoms with Gasteiger partial charge < -0.3 is 10.6 Å². The fraction of sp³-hybridized carbons (Fsp3) is 0.121. The quantitative estimate of drug-likeness (QED) is 0.210. The van der Waals surface area contributed by atoms with E-state index < -0.39 is 29.5 Å². The zero-order valence-corrected chi connectivity index (χ0v) is 23.4. The van der Waals surface area contributed by atoms with E-state index in [9.17, 15) is 18.4 Å². The van der Waals surface area contributed by atoms with E-state index in [1.807, 2.05) is 60.8 Å². The fourth-order valence-corrected chi connectivity index (χ4v) is 5.91. The maximum atomic E-state index is 14.0. The van der Waals surface area contributed by atoms with Gasteiger partial charge in [0.2, 0.25) is 11.8 Å². The van der Waals surface area contributed by atoms with Gasteiger partial charge in [0.1, 0.15) is 17.7 Å². The van der Waals surface area contributed by atoms with Crippen LogP contribution >= 0.6 is 11.3 Å². The molecule has 0 unspecified atom stereocenters. The maximum Gasteiger partial charge on any atom is 0.247 e. The summed E-state index contributed by atoms with van der Waals surface area (Å²) in [6.45, 7) is 1.49. The van der Waals surface area contributed by atoms with Crippen LogP contribution in [0.4, 0.5) is 14.5 Å². The number of halogens is 2. The molecule has 4 aromatic carbocycles. The van der Waals surface area contributed by atoms with E-state index in [1.165, 1.54) is 11.6 Å². The number of imidazole rings is 1. The van der Waals surface area contributed by atoms with Crippen molar-refractivity contribution >= 4 is 44.0 Å². The molecule has 9 heteroatoms. The van der Waals surface area contributed by atoms with Crippen molar-refractivity contribution in [3.63, 3.8) is 0 Å². The molecule has 1 atom stereocenters. The monoisotopic (exact) mass is 580 g/mol. The van der Waals surface area contributed by atoms with Crippen LogP contribution in [-0.4, -0.2) is 27.2 Å². The normalized spacial score (nSPS) is 12.0. The minimum Gasteiger partial charge on any atom is -0.344 e. The van der Waals surface area contributed by atoms with Crippen LogP contribution in [0.3, 0.4) is 0 Å². The van der Waals surface area contributed by atoms with Crippen LogP contribution < -0.4 is 10.6 Å². The van der Waals surface area contributed by atoms with Gasteiger partial charge in [-0.1, -0.05) is 65.9 Å². The molecule has 0 saturated heterocycles. The highest BCUT2D eigenvalue weighted by atomic mass is 32.1. The van der Waals surface area contributed by atoms with Gasteiger partial charge in [-0.3, -0.25) is 14.0 Å². The van der Waals surface area contributed by atoms with Gasteiger partial charge in [-0.15, -0.1) is 0 Å². The zero-order chi connectivity index (χ0) is 29.2. The summed E-state index contributed by atoms with van der Waals surface area (Å²) >= 11 is 1.62. The lowest BCUT2D eigenvalue weighted by atomic mass is 10.0. The Labute approximate surface area is 244 Å². The lowest BCUT2D eigenvalue weighted by Gasteiger charge is -2.19. The lowest BCUT2D eigenvalue weighted by Crippen LogP contribution is -2.45. The molecule has 42 heavy (non-hydrogen) atoms. The highest BCUT2D eigenvalue weighted by molar-refractivity contribution is 7.23.